The van der Waals surface area contributed by atoms with Gasteiger partial charge >= 0.3 is 0 Å². The van der Waals surface area contributed by atoms with E-state index < -0.39 is 0 Å². The fraction of sp³-hybridized carbons (Fsp3) is 0.444. The molecule has 32 heavy (non-hydrogen) atoms. The highest BCUT2D eigenvalue weighted by molar-refractivity contribution is 5.80. The second-order valence-corrected chi connectivity index (χ2v) is 8.67. The SMILES string of the molecule is O=c1cc(-c2ccccc2O)oc2cc(OCCCCCCCCN3CCCC3)ccc12. The lowest BCUT2D eigenvalue weighted by Crippen LogP contribution is -2.20. The van der Waals surface area contributed by atoms with Crippen LogP contribution >= 0.6 is 0 Å². The van der Waals surface area contributed by atoms with Crippen molar-refractivity contribution in [3.8, 4) is 22.8 Å². The first kappa shape index (κ1) is 22.4. The number of hydrogen-bond donors (Lipinski definition) is 1. The Morgan fingerprint density at radius 3 is 2.47 bits per heavy atom. The molecule has 0 spiro atoms. The predicted molar refractivity (Wildman–Crippen MR) is 128 cm³/mol. The van der Waals surface area contributed by atoms with Gasteiger partial charge in [-0.15, -0.1) is 0 Å². The van der Waals surface area contributed by atoms with Crippen molar-refractivity contribution in [3.05, 3.63) is 58.8 Å². The van der Waals surface area contributed by atoms with Gasteiger partial charge in [0, 0.05) is 12.1 Å². The molecule has 0 unspecified atom stereocenters. The number of hydrogen-bond acceptors (Lipinski definition) is 5. The number of rotatable bonds is 11. The van der Waals surface area contributed by atoms with Gasteiger partial charge in [0.05, 0.1) is 17.6 Å². The number of unbranched alkanes of at least 4 members (excludes halogenated alkanes) is 5. The summed E-state index contributed by atoms with van der Waals surface area (Å²) in [6, 6.07) is 13.6. The van der Waals surface area contributed by atoms with E-state index in [-0.39, 0.29) is 11.2 Å². The van der Waals surface area contributed by atoms with Crippen LogP contribution in [-0.4, -0.2) is 36.2 Å². The van der Waals surface area contributed by atoms with Gasteiger partial charge in [-0.2, -0.15) is 0 Å². The molecular weight excluding hydrogens is 402 g/mol. The molecule has 1 aliphatic heterocycles. The summed E-state index contributed by atoms with van der Waals surface area (Å²) in [6.45, 7) is 4.52. The maximum Gasteiger partial charge on any atom is 0.193 e. The summed E-state index contributed by atoms with van der Waals surface area (Å²) in [7, 11) is 0. The van der Waals surface area contributed by atoms with E-state index in [0.717, 1.165) is 6.42 Å². The van der Waals surface area contributed by atoms with Crippen LogP contribution in [0.25, 0.3) is 22.3 Å². The van der Waals surface area contributed by atoms with Crippen molar-refractivity contribution in [1.29, 1.82) is 0 Å². The Labute approximate surface area is 189 Å². The fourth-order valence-corrected chi connectivity index (χ4v) is 4.38. The minimum absolute atomic E-state index is 0.0819. The number of nitrogens with zero attached hydrogens (tertiary/aromatic N) is 1. The molecule has 1 fully saturated rings. The van der Waals surface area contributed by atoms with Gasteiger partial charge in [-0.1, -0.05) is 37.8 Å². The van der Waals surface area contributed by atoms with Gasteiger partial charge in [-0.3, -0.25) is 4.79 Å². The van der Waals surface area contributed by atoms with E-state index in [1.165, 1.54) is 70.6 Å². The van der Waals surface area contributed by atoms with Crippen LogP contribution in [0.4, 0.5) is 0 Å². The standard InChI is InChI=1S/C27H33NO4/c29-24-12-6-5-11-22(24)27-20-25(30)23-14-13-21(19-26(23)32-27)31-18-10-4-2-1-3-7-15-28-16-8-9-17-28/h5-6,11-14,19-20,29H,1-4,7-10,15-18H2. The minimum Gasteiger partial charge on any atom is -0.507 e. The van der Waals surface area contributed by atoms with Gasteiger partial charge in [0.1, 0.15) is 22.8 Å². The van der Waals surface area contributed by atoms with Gasteiger partial charge in [-0.05, 0) is 69.6 Å². The maximum atomic E-state index is 12.5. The first-order valence-electron chi connectivity index (χ1n) is 11.9. The summed E-state index contributed by atoms with van der Waals surface area (Å²) in [4.78, 5) is 15.1. The topological polar surface area (TPSA) is 62.9 Å². The van der Waals surface area contributed by atoms with E-state index in [1.807, 2.05) is 6.07 Å². The van der Waals surface area contributed by atoms with Gasteiger partial charge < -0.3 is 19.2 Å². The van der Waals surface area contributed by atoms with E-state index in [0.29, 0.717) is 34.6 Å². The monoisotopic (exact) mass is 435 g/mol. The Morgan fingerprint density at radius 1 is 0.906 bits per heavy atom. The lowest BCUT2D eigenvalue weighted by atomic mass is 10.1. The minimum atomic E-state index is -0.138. The molecule has 1 N–H and O–H groups in total. The molecule has 1 aliphatic rings. The normalized spacial score (nSPS) is 14.2. The third-order valence-electron chi connectivity index (χ3n) is 6.21. The summed E-state index contributed by atoms with van der Waals surface area (Å²) in [5, 5.41) is 10.6. The number of phenols is 1. The highest BCUT2D eigenvalue weighted by Crippen LogP contribution is 2.30. The summed E-state index contributed by atoms with van der Waals surface area (Å²) < 4.78 is 11.8. The largest absolute Gasteiger partial charge is 0.507 e. The summed E-state index contributed by atoms with van der Waals surface area (Å²) in [5.74, 6) is 1.13. The Morgan fingerprint density at radius 2 is 1.66 bits per heavy atom. The van der Waals surface area contributed by atoms with Crippen LogP contribution in [0.5, 0.6) is 11.5 Å². The average Bonchev–Trinajstić information content (AvgIpc) is 3.31. The molecule has 2 aromatic carbocycles. The quantitative estimate of drug-likeness (QED) is 0.375. The molecule has 2 heterocycles. The Kier molecular flexibility index (Phi) is 7.83. The predicted octanol–water partition coefficient (Wildman–Crippen LogP) is 5.98. The molecule has 5 heteroatoms. The van der Waals surface area contributed by atoms with Crippen LogP contribution in [-0.2, 0) is 0 Å². The average molecular weight is 436 g/mol. The molecule has 3 aromatic rings. The number of likely N-dealkylation sites (tertiary alicyclic amines) is 1. The highest BCUT2D eigenvalue weighted by atomic mass is 16.5. The lowest BCUT2D eigenvalue weighted by Gasteiger charge is -2.13. The zero-order valence-corrected chi connectivity index (χ0v) is 18.7. The van der Waals surface area contributed by atoms with Gasteiger partial charge in [0.25, 0.3) is 0 Å². The summed E-state index contributed by atoms with van der Waals surface area (Å²) >= 11 is 0. The molecule has 0 atom stereocenters. The van der Waals surface area contributed by atoms with Crippen molar-refractivity contribution < 1.29 is 14.3 Å². The van der Waals surface area contributed by atoms with Crippen molar-refractivity contribution in [2.75, 3.05) is 26.2 Å². The number of ether oxygens (including phenoxy) is 1. The van der Waals surface area contributed by atoms with Crippen molar-refractivity contribution in [3.63, 3.8) is 0 Å². The summed E-state index contributed by atoms with van der Waals surface area (Å²) in [6.07, 6.45) is 10.1. The van der Waals surface area contributed by atoms with Crippen LogP contribution in [0.3, 0.4) is 0 Å². The van der Waals surface area contributed by atoms with Crippen molar-refractivity contribution in [1.82, 2.24) is 4.90 Å². The molecule has 0 amide bonds. The number of benzene rings is 2. The van der Waals surface area contributed by atoms with E-state index in [2.05, 4.69) is 4.90 Å². The van der Waals surface area contributed by atoms with E-state index >= 15 is 0 Å². The molecular formula is C27H33NO4. The molecule has 0 saturated carbocycles. The molecule has 1 saturated heterocycles. The van der Waals surface area contributed by atoms with Crippen LogP contribution < -0.4 is 10.2 Å². The van der Waals surface area contributed by atoms with Crippen LogP contribution in [0, 0.1) is 0 Å². The molecule has 0 bridgehead atoms. The number of para-hydroxylation sites is 1. The molecule has 4 rings (SSSR count). The van der Waals surface area contributed by atoms with E-state index in [9.17, 15) is 9.90 Å². The Balaban J connectivity index is 1.24. The van der Waals surface area contributed by atoms with Gasteiger partial charge in [0.2, 0.25) is 0 Å². The zero-order valence-electron chi connectivity index (χ0n) is 18.7. The fourth-order valence-electron chi connectivity index (χ4n) is 4.38. The van der Waals surface area contributed by atoms with Crippen LogP contribution in [0.15, 0.2) is 57.7 Å². The first-order chi connectivity index (χ1) is 15.7. The van der Waals surface area contributed by atoms with Crippen molar-refractivity contribution in [2.45, 2.75) is 51.4 Å². The summed E-state index contributed by atoms with van der Waals surface area (Å²) in [5.41, 5.74) is 0.824. The number of aromatic hydroxyl groups is 1. The maximum absolute atomic E-state index is 12.5. The second kappa shape index (κ2) is 11.2. The smallest absolute Gasteiger partial charge is 0.193 e. The molecule has 0 radical (unpaired) electrons. The molecule has 170 valence electrons. The first-order valence-corrected chi connectivity index (χ1v) is 11.9. The third-order valence-corrected chi connectivity index (χ3v) is 6.21. The lowest BCUT2D eigenvalue weighted by molar-refractivity contribution is 0.302. The van der Waals surface area contributed by atoms with Gasteiger partial charge in [-0.25, -0.2) is 0 Å². The Bertz CT molecular complexity index is 1070. The number of fused-ring (bicyclic) bond motifs is 1. The Hall–Kier alpha value is -2.79. The molecule has 5 nitrogen and oxygen atoms in total. The third kappa shape index (κ3) is 5.92. The number of phenolic OH excluding ortho intramolecular Hbond substituents is 1. The van der Waals surface area contributed by atoms with Crippen molar-refractivity contribution >= 4 is 11.0 Å². The van der Waals surface area contributed by atoms with E-state index in [1.54, 1.807) is 36.4 Å². The second-order valence-electron chi connectivity index (χ2n) is 8.67. The zero-order chi connectivity index (χ0) is 22.2. The van der Waals surface area contributed by atoms with Crippen molar-refractivity contribution in [2.24, 2.45) is 0 Å². The highest BCUT2D eigenvalue weighted by Gasteiger charge is 2.11. The van der Waals surface area contributed by atoms with E-state index in [4.69, 9.17) is 9.15 Å². The molecule has 1 aromatic heterocycles. The van der Waals surface area contributed by atoms with Gasteiger partial charge in [0.15, 0.2) is 5.43 Å². The van der Waals surface area contributed by atoms with Crippen LogP contribution in [0.2, 0.25) is 0 Å². The molecule has 0 aliphatic carbocycles. The van der Waals surface area contributed by atoms with Crippen LogP contribution in [0.1, 0.15) is 51.4 Å².